The van der Waals surface area contributed by atoms with E-state index in [2.05, 4.69) is 21.3 Å². The van der Waals surface area contributed by atoms with Crippen molar-refractivity contribution in [2.45, 2.75) is 6.04 Å². The van der Waals surface area contributed by atoms with E-state index in [0.29, 0.717) is 44.4 Å². The molecule has 1 N–H and O–H groups in total. The summed E-state index contributed by atoms with van der Waals surface area (Å²) in [6, 6.07) is 17.2. The highest BCUT2D eigenvalue weighted by molar-refractivity contribution is 6.30. The van der Waals surface area contributed by atoms with Gasteiger partial charge in [-0.3, -0.25) is 14.5 Å². The number of nitrogens with one attached hydrogen (secondary N) is 1. The van der Waals surface area contributed by atoms with Crippen LogP contribution in [0.1, 0.15) is 0 Å². The molecule has 9 heteroatoms. The lowest BCUT2D eigenvalue weighted by Gasteiger charge is -2.42. The molecule has 186 valence electrons. The molecule has 3 saturated heterocycles. The number of fused-ring (bicyclic) bond motifs is 1. The topological polar surface area (TPSA) is 68.4 Å². The molecule has 0 aliphatic carbocycles. The number of piperazine rings is 1. The molecule has 3 aliphatic heterocycles. The predicted octanol–water partition coefficient (Wildman–Crippen LogP) is 2.10. The smallest absolute Gasteiger partial charge is 0.247 e. The Bertz CT molecular complexity index is 1050. The molecular weight excluding hydrogens is 466 g/mol. The van der Waals surface area contributed by atoms with Gasteiger partial charge in [0, 0.05) is 63.6 Å². The summed E-state index contributed by atoms with van der Waals surface area (Å²) < 4.78 is 5.28. The van der Waals surface area contributed by atoms with E-state index in [-0.39, 0.29) is 29.7 Å². The number of nitrogens with zero attached hydrogens (tertiary/aromatic N) is 4. The molecule has 5 rings (SSSR count). The Morgan fingerprint density at radius 1 is 1.03 bits per heavy atom. The minimum Gasteiger partial charge on any atom is -0.383 e. The molecule has 0 bridgehead atoms. The fourth-order valence-electron chi connectivity index (χ4n) is 5.43. The van der Waals surface area contributed by atoms with Crippen molar-refractivity contribution in [2.75, 3.05) is 69.4 Å². The Hall–Kier alpha value is -2.65. The van der Waals surface area contributed by atoms with E-state index < -0.39 is 0 Å². The molecule has 0 spiro atoms. The van der Waals surface area contributed by atoms with Crippen molar-refractivity contribution in [2.24, 2.45) is 11.8 Å². The zero-order valence-electron chi connectivity index (χ0n) is 20.0. The first kappa shape index (κ1) is 24.1. The molecule has 3 heterocycles. The van der Waals surface area contributed by atoms with Crippen LogP contribution in [0, 0.1) is 11.8 Å². The standard InChI is InChI=1S/C26H32ClN5O3/c1-35-15-14-29-17-22(24-23(18-29)26(34)32(28-24)20-7-3-2-4-8-20)25(33)31-12-10-30(11-13-31)21-9-5-6-19(27)16-21/h2-9,16,22-24,28H,10-15,17-18H2,1H3. The van der Waals surface area contributed by atoms with E-state index in [9.17, 15) is 9.59 Å². The zero-order chi connectivity index (χ0) is 24.4. The highest BCUT2D eigenvalue weighted by atomic mass is 35.5. The first-order valence-electron chi connectivity index (χ1n) is 12.2. The van der Waals surface area contributed by atoms with Crippen molar-refractivity contribution >= 4 is 34.8 Å². The molecule has 0 saturated carbocycles. The second-order valence-corrected chi connectivity index (χ2v) is 9.86. The van der Waals surface area contributed by atoms with Crippen LogP contribution in [-0.2, 0) is 14.3 Å². The van der Waals surface area contributed by atoms with Crippen molar-refractivity contribution in [3.8, 4) is 0 Å². The van der Waals surface area contributed by atoms with Crippen LogP contribution >= 0.6 is 11.6 Å². The van der Waals surface area contributed by atoms with Crippen LogP contribution in [0.15, 0.2) is 54.6 Å². The summed E-state index contributed by atoms with van der Waals surface area (Å²) in [6.07, 6.45) is 0. The van der Waals surface area contributed by atoms with E-state index in [0.717, 1.165) is 24.5 Å². The molecule has 3 unspecified atom stereocenters. The van der Waals surface area contributed by atoms with Gasteiger partial charge in [0.25, 0.3) is 0 Å². The molecule has 2 aromatic rings. The van der Waals surface area contributed by atoms with Gasteiger partial charge in [-0.25, -0.2) is 10.4 Å². The van der Waals surface area contributed by atoms with Crippen LogP contribution in [0.25, 0.3) is 0 Å². The molecular formula is C26H32ClN5O3. The van der Waals surface area contributed by atoms with Crippen molar-refractivity contribution in [3.63, 3.8) is 0 Å². The van der Waals surface area contributed by atoms with E-state index in [1.807, 2.05) is 53.4 Å². The molecule has 2 aromatic carbocycles. The highest BCUT2D eigenvalue weighted by Crippen LogP contribution is 2.33. The first-order valence-corrected chi connectivity index (χ1v) is 12.6. The monoisotopic (exact) mass is 497 g/mol. The van der Waals surface area contributed by atoms with Gasteiger partial charge < -0.3 is 14.5 Å². The number of hydrogen-bond acceptors (Lipinski definition) is 6. The summed E-state index contributed by atoms with van der Waals surface area (Å²) in [6.45, 7) is 5.30. The van der Waals surface area contributed by atoms with Gasteiger partial charge >= 0.3 is 0 Å². The van der Waals surface area contributed by atoms with E-state index in [4.69, 9.17) is 16.3 Å². The van der Waals surface area contributed by atoms with Gasteiger partial charge in [0.1, 0.15) is 0 Å². The van der Waals surface area contributed by atoms with Crippen LogP contribution in [0.2, 0.25) is 5.02 Å². The number of rotatable bonds is 6. The van der Waals surface area contributed by atoms with Crippen LogP contribution in [0.5, 0.6) is 0 Å². The van der Waals surface area contributed by atoms with E-state index in [1.165, 1.54) is 0 Å². The zero-order valence-corrected chi connectivity index (χ0v) is 20.7. The molecule has 3 atom stereocenters. The third-order valence-corrected chi connectivity index (χ3v) is 7.54. The number of carbonyl (C=O) groups is 2. The summed E-state index contributed by atoms with van der Waals surface area (Å²) in [5, 5.41) is 2.34. The minimum atomic E-state index is -0.305. The number of hydrogen-bond donors (Lipinski definition) is 1. The summed E-state index contributed by atoms with van der Waals surface area (Å²) >= 11 is 6.17. The number of hydrazine groups is 1. The van der Waals surface area contributed by atoms with Gasteiger partial charge in [0.2, 0.25) is 11.8 Å². The van der Waals surface area contributed by atoms with Gasteiger partial charge in [0.15, 0.2) is 0 Å². The maximum atomic E-state index is 13.8. The predicted molar refractivity (Wildman–Crippen MR) is 136 cm³/mol. The largest absolute Gasteiger partial charge is 0.383 e. The van der Waals surface area contributed by atoms with Gasteiger partial charge in [0.05, 0.1) is 30.2 Å². The Labute approximate surface area is 211 Å². The second kappa shape index (κ2) is 10.5. The fourth-order valence-corrected chi connectivity index (χ4v) is 5.62. The normalized spacial score (nSPS) is 25.1. The number of anilines is 2. The quantitative estimate of drug-likeness (QED) is 0.659. The lowest BCUT2D eigenvalue weighted by Crippen LogP contribution is -2.60. The number of ether oxygens (including phenoxy) is 1. The summed E-state index contributed by atoms with van der Waals surface area (Å²) in [5.41, 5.74) is 5.28. The average molecular weight is 498 g/mol. The Morgan fingerprint density at radius 2 is 1.77 bits per heavy atom. The molecule has 3 fully saturated rings. The van der Waals surface area contributed by atoms with E-state index >= 15 is 0 Å². The molecule has 2 amide bonds. The van der Waals surface area contributed by atoms with Crippen molar-refractivity contribution in [1.29, 1.82) is 0 Å². The highest BCUT2D eigenvalue weighted by Gasteiger charge is 2.51. The fraction of sp³-hybridized carbons (Fsp3) is 0.462. The van der Waals surface area contributed by atoms with Crippen LogP contribution in [0.4, 0.5) is 11.4 Å². The number of likely N-dealkylation sites (tertiary alicyclic amines) is 1. The summed E-state index contributed by atoms with van der Waals surface area (Å²) in [7, 11) is 1.67. The van der Waals surface area contributed by atoms with Gasteiger partial charge in [-0.15, -0.1) is 0 Å². The first-order chi connectivity index (χ1) is 17.0. The summed E-state index contributed by atoms with van der Waals surface area (Å²) in [5.74, 6) is -0.446. The van der Waals surface area contributed by atoms with Crippen molar-refractivity contribution < 1.29 is 14.3 Å². The molecule has 0 aromatic heterocycles. The van der Waals surface area contributed by atoms with Crippen LogP contribution in [-0.4, -0.2) is 87.2 Å². The molecule has 8 nitrogen and oxygen atoms in total. The second-order valence-electron chi connectivity index (χ2n) is 9.42. The number of halogens is 1. The van der Waals surface area contributed by atoms with Crippen molar-refractivity contribution in [3.05, 3.63) is 59.6 Å². The van der Waals surface area contributed by atoms with Crippen molar-refractivity contribution in [1.82, 2.24) is 15.2 Å². The SMILES string of the molecule is COCCN1CC(C(=O)N2CCN(c3cccc(Cl)c3)CC2)C2NN(c3ccccc3)C(=O)C2C1. The van der Waals surface area contributed by atoms with Gasteiger partial charge in [-0.1, -0.05) is 35.9 Å². The summed E-state index contributed by atoms with van der Waals surface area (Å²) in [4.78, 5) is 33.6. The van der Waals surface area contributed by atoms with Crippen LogP contribution in [0.3, 0.4) is 0 Å². The number of piperidine rings is 1. The van der Waals surface area contributed by atoms with E-state index in [1.54, 1.807) is 12.1 Å². The number of para-hydroxylation sites is 1. The molecule has 35 heavy (non-hydrogen) atoms. The lowest BCUT2D eigenvalue weighted by atomic mass is 9.83. The molecule has 3 aliphatic rings. The maximum absolute atomic E-state index is 13.8. The number of carbonyl (C=O) groups excluding carboxylic acids is 2. The van der Waals surface area contributed by atoms with Gasteiger partial charge in [-0.2, -0.15) is 0 Å². The number of amides is 2. The third-order valence-electron chi connectivity index (χ3n) is 7.30. The van der Waals surface area contributed by atoms with Gasteiger partial charge in [-0.05, 0) is 30.3 Å². The minimum absolute atomic E-state index is 0.0203. The number of methoxy groups -OCH3 is 1. The Morgan fingerprint density at radius 3 is 2.49 bits per heavy atom. The Kier molecular flexibility index (Phi) is 7.24. The third kappa shape index (κ3) is 5.02. The number of benzene rings is 2. The van der Waals surface area contributed by atoms with Crippen LogP contribution < -0.4 is 15.3 Å². The lowest BCUT2D eigenvalue weighted by molar-refractivity contribution is -0.140. The average Bonchev–Trinajstić information content (AvgIpc) is 3.23. The Balaban J connectivity index is 1.31. The maximum Gasteiger partial charge on any atom is 0.247 e. The molecule has 0 radical (unpaired) electrons.